The highest BCUT2D eigenvalue weighted by Gasteiger charge is 2.34. The standard InChI is InChI=1S/C41H51FN4O8S/c42-38-8-7-28(20-37(41(51)52)32-11-14-45-23-32)16-33(38)25-46(24-29-5-1-3-26(15-29)18-35(39(47)48)30-9-12-43-21-30)55(53,54)34-6-2-4-27(17-34)19-36(40(49)50)31-10-13-44-22-31/h1-8,15-17,30-32,35-37,43-45H,9-14,18-25H2,(H,47,48)(H,49,50)(H,51,52)/t30-,31-,32-,35-,36-,37-/m0/s1. The molecule has 0 aromatic heterocycles. The Labute approximate surface area is 321 Å². The lowest BCUT2D eigenvalue weighted by molar-refractivity contribution is -0.144. The van der Waals surface area contributed by atoms with Gasteiger partial charge in [0.25, 0.3) is 0 Å². The Hall–Kier alpha value is -4.21. The Balaban J connectivity index is 1.31. The van der Waals surface area contributed by atoms with Crippen molar-refractivity contribution in [3.8, 4) is 0 Å². The predicted molar refractivity (Wildman–Crippen MR) is 203 cm³/mol. The Bertz CT molecular complexity index is 1940. The van der Waals surface area contributed by atoms with Crippen molar-refractivity contribution in [2.24, 2.45) is 35.5 Å². The van der Waals surface area contributed by atoms with Gasteiger partial charge in [-0.15, -0.1) is 0 Å². The molecule has 0 saturated carbocycles. The molecular formula is C41H51FN4O8S. The number of hydrogen-bond acceptors (Lipinski definition) is 8. The SMILES string of the molecule is O=C(O)[C@@H](Cc1cccc(CN(Cc2cc(C[C@H](C(=O)O)[C@H]3CCNC3)ccc2F)S(=O)(=O)c2cccc(C[C@H](C(=O)O)[C@H]3CCNC3)c2)c1)[C@H]1CCNC1. The van der Waals surface area contributed by atoms with Gasteiger partial charge in [-0.2, -0.15) is 4.31 Å². The Morgan fingerprint density at radius 1 is 0.636 bits per heavy atom. The molecule has 0 unspecified atom stereocenters. The Kier molecular flexibility index (Phi) is 13.4. The molecule has 3 aliphatic rings. The first-order valence-electron chi connectivity index (χ1n) is 19.1. The van der Waals surface area contributed by atoms with Crippen LogP contribution in [-0.4, -0.2) is 85.2 Å². The third-order valence-electron chi connectivity index (χ3n) is 11.7. The van der Waals surface area contributed by atoms with Crippen LogP contribution in [0.2, 0.25) is 0 Å². The fourth-order valence-electron chi connectivity index (χ4n) is 8.52. The normalized spacial score (nSPS) is 21.7. The van der Waals surface area contributed by atoms with E-state index in [-0.39, 0.29) is 60.6 Å². The molecule has 0 bridgehead atoms. The molecule has 0 aliphatic carbocycles. The summed E-state index contributed by atoms with van der Waals surface area (Å²) in [5.74, 6) is -5.62. The largest absolute Gasteiger partial charge is 0.481 e. The van der Waals surface area contributed by atoms with E-state index in [1.165, 1.54) is 22.5 Å². The maximum Gasteiger partial charge on any atom is 0.307 e. The zero-order valence-corrected chi connectivity index (χ0v) is 31.6. The van der Waals surface area contributed by atoms with Crippen molar-refractivity contribution >= 4 is 27.9 Å². The molecule has 3 aromatic rings. The van der Waals surface area contributed by atoms with E-state index < -0.39 is 51.5 Å². The van der Waals surface area contributed by atoms with E-state index in [2.05, 4.69) is 16.0 Å². The predicted octanol–water partition coefficient (Wildman–Crippen LogP) is 3.78. The van der Waals surface area contributed by atoms with E-state index in [9.17, 15) is 38.1 Å². The van der Waals surface area contributed by atoms with Gasteiger partial charge in [0, 0.05) is 18.7 Å². The van der Waals surface area contributed by atoms with Crippen LogP contribution in [-0.2, 0) is 56.8 Å². The highest BCUT2D eigenvalue weighted by Crippen LogP contribution is 2.30. The Morgan fingerprint density at radius 2 is 1.09 bits per heavy atom. The average Bonchev–Trinajstić information content (AvgIpc) is 3.98. The fourth-order valence-corrected chi connectivity index (χ4v) is 10.00. The first kappa shape index (κ1) is 40.5. The molecule has 6 N–H and O–H groups in total. The quantitative estimate of drug-likeness (QED) is 0.111. The van der Waals surface area contributed by atoms with Gasteiger partial charge in [-0.1, -0.05) is 48.5 Å². The number of carboxylic acid groups (broad SMARTS) is 3. The van der Waals surface area contributed by atoms with Crippen molar-refractivity contribution in [1.82, 2.24) is 20.3 Å². The highest BCUT2D eigenvalue weighted by molar-refractivity contribution is 7.89. The zero-order valence-electron chi connectivity index (χ0n) is 30.8. The van der Waals surface area contributed by atoms with Gasteiger partial charge in [0.05, 0.1) is 22.6 Å². The van der Waals surface area contributed by atoms with Crippen molar-refractivity contribution in [1.29, 1.82) is 0 Å². The molecule has 55 heavy (non-hydrogen) atoms. The van der Waals surface area contributed by atoms with Crippen LogP contribution in [0.1, 0.15) is 47.1 Å². The van der Waals surface area contributed by atoms with Crippen LogP contribution in [0.15, 0.2) is 71.6 Å². The second kappa shape index (κ2) is 18.2. The van der Waals surface area contributed by atoms with Gasteiger partial charge < -0.3 is 31.3 Å². The number of rotatable bonds is 18. The maximum absolute atomic E-state index is 15.6. The number of halogens is 1. The number of carboxylic acids is 3. The summed E-state index contributed by atoms with van der Waals surface area (Å²) in [5.41, 5.74) is 2.55. The molecule has 0 spiro atoms. The first-order valence-corrected chi connectivity index (χ1v) is 20.6. The minimum Gasteiger partial charge on any atom is -0.481 e. The average molecular weight is 779 g/mol. The molecule has 6 rings (SSSR count). The van der Waals surface area contributed by atoms with Crippen LogP contribution in [0.3, 0.4) is 0 Å². The van der Waals surface area contributed by atoms with Crippen LogP contribution in [0, 0.1) is 41.3 Å². The van der Waals surface area contributed by atoms with E-state index in [4.69, 9.17) is 0 Å². The lowest BCUT2D eigenvalue weighted by atomic mass is 9.86. The molecule has 12 nitrogen and oxygen atoms in total. The summed E-state index contributed by atoms with van der Waals surface area (Å²) < 4.78 is 46.1. The van der Waals surface area contributed by atoms with Gasteiger partial charge in [0.15, 0.2) is 0 Å². The molecule has 3 aliphatic heterocycles. The molecule has 14 heteroatoms. The fraction of sp³-hybridized carbons (Fsp3) is 0.488. The number of nitrogens with zero attached hydrogens (tertiary/aromatic N) is 1. The molecule has 3 heterocycles. The summed E-state index contributed by atoms with van der Waals surface area (Å²) in [6.07, 6.45) is 2.75. The number of sulfonamides is 1. The number of benzene rings is 3. The molecule has 0 radical (unpaired) electrons. The lowest BCUT2D eigenvalue weighted by Crippen LogP contribution is -2.31. The van der Waals surface area contributed by atoms with Crippen molar-refractivity contribution in [3.05, 3.63) is 100 Å². The van der Waals surface area contributed by atoms with Gasteiger partial charge in [0.1, 0.15) is 5.82 Å². The monoisotopic (exact) mass is 778 g/mol. The minimum atomic E-state index is -4.33. The molecule has 296 valence electrons. The van der Waals surface area contributed by atoms with Crippen LogP contribution in [0.25, 0.3) is 0 Å². The molecule has 3 aromatic carbocycles. The molecule has 3 saturated heterocycles. The number of hydrogen-bond donors (Lipinski definition) is 6. The number of nitrogens with one attached hydrogen (secondary N) is 3. The van der Waals surface area contributed by atoms with E-state index in [1.807, 2.05) is 6.07 Å². The van der Waals surface area contributed by atoms with Crippen LogP contribution < -0.4 is 16.0 Å². The van der Waals surface area contributed by atoms with E-state index in [1.54, 1.807) is 42.5 Å². The van der Waals surface area contributed by atoms with E-state index in [0.29, 0.717) is 49.2 Å². The summed E-state index contributed by atoms with van der Waals surface area (Å²) in [4.78, 5) is 36.7. The summed E-state index contributed by atoms with van der Waals surface area (Å²) in [7, 11) is -4.33. The Morgan fingerprint density at radius 3 is 1.56 bits per heavy atom. The van der Waals surface area contributed by atoms with Gasteiger partial charge in [-0.3, -0.25) is 14.4 Å². The second-order valence-corrected chi connectivity index (χ2v) is 17.3. The number of aliphatic carboxylic acids is 3. The zero-order chi connectivity index (χ0) is 39.1. The molecular weight excluding hydrogens is 728 g/mol. The summed E-state index contributed by atoms with van der Waals surface area (Å²) in [6, 6.07) is 17.7. The van der Waals surface area contributed by atoms with Crippen LogP contribution in [0.5, 0.6) is 0 Å². The van der Waals surface area contributed by atoms with Gasteiger partial charge >= 0.3 is 17.9 Å². The van der Waals surface area contributed by atoms with Gasteiger partial charge in [-0.25, -0.2) is 12.8 Å². The molecule has 0 amide bonds. The smallest absolute Gasteiger partial charge is 0.307 e. The lowest BCUT2D eigenvalue weighted by Gasteiger charge is -2.25. The maximum atomic E-state index is 15.6. The van der Waals surface area contributed by atoms with Crippen LogP contribution in [0.4, 0.5) is 4.39 Å². The third kappa shape index (κ3) is 10.2. The summed E-state index contributed by atoms with van der Waals surface area (Å²) in [6.45, 7) is 3.43. The molecule has 3 fully saturated rings. The molecule has 6 atom stereocenters. The highest BCUT2D eigenvalue weighted by atomic mass is 32.2. The van der Waals surface area contributed by atoms with E-state index in [0.717, 1.165) is 31.6 Å². The van der Waals surface area contributed by atoms with Crippen molar-refractivity contribution in [2.75, 3.05) is 39.3 Å². The number of carbonyl (C=O) groups is 3. The van der Waals surface area contributed by atoms with Crippen molar-refractivity contribution in [3.63, 3.8) is 0 Å². The van der Waals surface area contributed by atoms with Crippen molar-refractivity contribution < 1.29 is 42.5 Å². The minimum absolute atomic E-state index is 0.0307. The van der Waals surface area contributed by atoms with Crippen LogP contribution >= 0.6 is 0 Å². The van der Waals surface area contributed by atoms with Crippen molar-refractivity contribution in [2.45, 2.75) is 56.5 Å². The first-order chi connectivity index (χ1) is 26.4. The second-order valence-electron chi connectivity index (χ2n) is 15.4. The third-order valence-corrected chi connectivity index (χ3v) is 13.5. The van der Waals surface area contributed by atoms with Gasteiger partial charge in [0.2, 0.25) is 10.0 Å². The van der Waals surface area contributed by atoms with E-state index >= 15 is 4.39 Å². The topological polar surface area (TPSA) is 185 Å². The summed E-state index contributed by atoms with van der Waals surface area (Å²) >= 11 is 0. The summed E-state index contributed by atoms with van der Waals surface area (Å²) in [5, 5.41) is 39.8. The van der Waals surface area contributed by atoms with Gasteiger partial charge in [-0.05, 0) is 136 Å².